The van der Waals surface area contributed by atoms with Gasteiger partial charge in [-0.25, -0.2) is 9.78 Å². The summed E-state index contributed by atoms with van der Waals surface area (Å²) in [6, 6.07) is 25.0. The van der Waals surface area contributed by atoms with Crippen molar-refractivity contribution in [2.24, 2.45) is 0 Å². The Balaban J connectivity index is 1.55. The van der Waals surface area contributed by atoms with Crippen molar-refractivity contribution in [2.45, 2.75) is 38.4 Å². The Hall–Kier alpha value is -3.44. The molecule has 0 spiro atoms. The number of rotatable bonds is 9. The molecule has 0 radical (unpaired) electrons. The highest BCUT2D eigenvalue weighted by Gasteiger charge is 2.24. The third kappa shape index (κ3) is 5.06. The van der Waals surface area contributed by atoms with Crippen LogP contribution in [0.1, 0.15) is 46.7 Å². The van der Waals surface area contributed by atoms with Crippen LogP contribution in [0.5, 0.6) is 0 Å². The Labute approximate surface area is 188 Å². The average Bonchev–Trinajstić information content (AvgIpc) is 3.33. The summed E-state index contributed by atoms with van der Waals surface area (Å²) in [5.41, 5.74) is 2.78. The van der Waals surface area contributed by atoms with Crippen molar-refractivity contribution in [1.29, 1.82) is 0 Å². The molecule has 0 amide bonds. The molecule has 0 bridgehead atoms. The van der Waals surface area contributed by atoms with Crippen LogP contribution < -0.4 is 0 Å². The zero-order chi connectivity index (χ0) is 22.3. The first-order chi connectivity index (χ1) is 15.7. The number of nitrogens with zero attached hydrogens (tertiary/aromatic N) is 1. The first-order valence-corrected chi connectivity index (χ1v) is 10.9. The van der Waals surface area contributed by atoms with Crippen molar-refractivity contribution in [2.75, 3.05) is 7.11 Å². The highest BCUT2D eigenvalue weighted by atomic mass is 16.5. The Morgan fingerprint density at radius 2 is 1.75 bits per heavy atom. The van der Waals surface area contributed by atoms with Crippen LogP contribution in [0.4, 0.5) is 0 Å². The Morgan fingerprint density at radius 1 is 1.00 bits per heavy atom. The molecule has 3 aromatic carbocycles. The number of methoxy groups -OCH3 is 1. The van der Waals surface area contributed by atoms with Gasteiger partial charge in [-0.2, -0.15) is 0 Å². The fourth-order valence-electron chi connectivity index (χ4n) is 4.07. The lowest BCUT2D eigenvalue weighted by Gasteiger charge is -2.23. The SMILES string of the molecule is COC(=O)c1cnc([C@@H](CCc2cccc3ccccc23)[C@H](C)OCc2ccccc2)[nH]1. The molecule has 0 fully saturated rings. The lowest BCUT2D eigenvalue weighted by atomic mass is 9.92. The molecule has 0 unspecified atom stereocenters. The summed E-state index contributed by atoms with van der Waals surface area (Å²) in [5, 5.41) is 2.50. The number of aromatic nitrogens is 2. The van der Waals surface area contributed by atoms with Gasteiger partial charge < -0.3 is 14.5 Å². The highest BCUT2D eigenvalue weighted by Crippen LogP contribution is 2.28. The number of carbonyl (C=O) groups is 1. The number of carbonyl (C=O) groups excluding carboxylic acids is 1. The lowest BCUT2D eigenvalue weighted by Crippen LogP contribution is -2.21. The number of fused-ring (bicyclic) bond motifs is 1. The largest absolute Gasteiger partial charge is 0.464 e. The van der Waals surface area contributed by atoms with Gasteiger partial charge in [0.2, 0.25) is 0 Å². The second-order valence-corrected chi connectivity index (χ2v) is 7.96. The van der Waals surface area contributed by atoms with E-state index < -0.39 is 5.97 Å². The number of hydrogen-bond donors (Lipinski definition) is 1. The monoisotopic (exact) mass is 428 g/mol. The molecule has 164 valence electrons. The number of nitrogens with one attached hydrogen (secondary N) is 1. The van der Waals surface area contributed by atoms with Crippen molar-refractivity contribution in [3.05, 3.63) is 102 Å². The molecule has 0 aliphatic carbocycles. The third-order valence-corrected chi connectivity index (χ3v) is 5.88. The summed E-state index contributed by atoms with van der Waals surface area (Å²) in [6.45, 7) is 2.59. The second kappa shape index (κ2) is 10.2. The first kappa shape index (κ1) is 21.8. The van der Waals surface area contributed by atoms with Crippen LogP contribution in [0.2, 0.25) is 0 Å². The maximum Gasteiger partial charge on any atom is 0.356 e. The van der Waals surface area contributed by atoms with Crippen LogP contribution in [0.3, 0.4) is 0 Å². The van der Waals surface area contributed by atoms with E-state index in [9.17, 15) is 4.79 Å². The average molecular weight is 429 g/mol. The van der Waals surface area contributed by atoms with Gasteiger partial charge in [0.05, 0.1) is 26.0 Å². The van der Waals surface area contributed by atoms with Crippen molar-refractivity contribution >= 4 is 16.7 Å². The summed E-state index contributed by atoms with van der Waals surface area (Å²) in [7, 11) is 1.37. The molecule has 0 saturated carbocycles. The summed E-state index contributed by atoms with van der Waals surface area (Å²) < 4.78 is 11.1. The molecule has 0 aliphatic rings. The van der Waals surface area contributed by atoms with Gasteiger partial charge in [-0.3, -0.25) is 0 Å². The van der Waals surface area contributed by atoms with Gasteiger partial charge in [-0.1, -0.05) is 72.8 Å². The zero-order valence-corrected chi connectivity index (χ0v) is 18.5. The molecule has 2 atom stereocenters. The number of benzene rings is 3. The number of ether oxygens (including phenoxy) is 2. The van der Waals surface area contributed by atoms with E-state index in [1.807, 2.05) is 18.2 Å². The maximum absolute atomic E-state index is 11.9. The van der Waals surface area contributed by atoms with Gasteiger partial charge in [0.15, 0.2) is 0 Å². The van der Waals surface area contributed by atoms with E-state index in [1.165, 1.54) is 29.6 Å². The number of esters is 1. The summed E-state index contributed by atoms with van der Waals surface area (Å²) in [6.07, 6.45) is 3.15. The molecule has 4 rings (SSSR count). The lowest BCUT2D eigenvalue weighted by molar-refractivity contribution is 0.0307. The molecule has 1 N–H and O–H groups in total. The van der Waals surface area contributed by atoms with E-state index >= 15 is 0 Å². The minimum Gasteiger partial charge on any atom is -0.464 e. The van der Waals surface area contributed by atoms with E-state index in [-0.39, 0.29) is 12.0 Å². The fraction of sp³-hybridized carbons (Fsp3) is 0.259. The fourth-order valence-corrected chi connectivity index (χ4v) is 4.07. The van der Waals surface area contributed by atoms with E-state index in [0.717, 1.165) is 24.2 Å². The molecule has 1 aromatic heterocycles. The topological polar surface area (TPSA) is 64.2 Å². The molecule has 1 heterocycles. The Morgan fingerprint density at radius 3 is 2.56 bits per heavy atom. The zero-order valence-electron chi connectivity index (χ0n) is 18.5. The highest BCUT2D eigenvalue weighted by molar-refractivity contribution is 5.87. The molecule has 4 aromatic rings. The normalized spacial score (nSPS) is 13.1. The Kier molecular flexibility index (Phi) is 6.97. The van der Waals surface area contributed by atoms with Crippen molar-refractivity contribution in [3.8, 4) is 0 Å². The van der Waals surface area contributed by atoms with Crippen LogP contribution in [-0.2, 0) is 22.5 Å². The minimum atomic E-state index is -0.422. The van der Waals surface area contributed by atoms with E-state index in [0.29, 0.717) is 12.3 Å². The van der Waals surface area contributed by atoms with Crippen molar-refractivity contribution in [1.82, 2.24) is 9.97 Å². The van der Waals surface area contributed by atoms with Gasteiger partial charge in [-0.15, -0.1) is 0 Å². The minimum absolute atomic E-state index is 0.00362. The number of hydrogen-bond acceptors (Lipinski definition) is 4. The van der Waals surface area contributed by atoms with Crippen LogP contribution in [0.25, 0.3) is 10.8 Å². The molecule has 32 heavy (non-hydrogen) atoms. The maximum atomic E-state index is 11.9. The van der Waals surface area contributed by atoms with Gasteiger partial charge in [0.25, 0.3) is 0 Å². The van der Waals surface area contributed by atoms with Gasteiger partial charge in [0, 0.05) is 5.92 Å². The van der Waals surface area contributed by atoms with Gasteiger partial charge in [0.1, 0.15) is 11.5 Å². The summed E-state index contributed by atoms with van der Waals surface area (Å²) in [4.78, 5) is 19.6. The second-order valence-electron chi connectivity index (χ2n) is 7.96. The van der Waals surface area contributed by atoms with Gasteiger partial charge in [-0.05, 0) is 41.7 Å². The van der Waals surface area contributed by atoms with Crippen LogP contribution in [0.15, 0.2) is 79.0 Å². The van der Waals surface area contributed by atoms with Crippen LogP contribution >= 0.6 is 0 Å². The van der Waals surface area contributed by atoms with E-state index in [2.05, 4.69) is 71.5 Å². The third-order valence-electron chi connectivity index (χ3n) is 5.88. The number of H-pyrrole nitrogens is 1. The predicted octanol–water partition coefficient (Wildman–Crippen LogP) is 5.67. The molecule has 0 aliphatic heterocycles. The Bertz CT molecular complexity index is 1160. The molecular formula is C27H28N2O3. The molecule has 5 heteroatoms. The van der Waals surface area contributed by atoms with E-state index in [4.69, 9.17) is 9.47 Å². The molecule has 0 saturated heterocycles. The van der Waals surface area contributed by atoms with Gasteiger partial charge >= 0.3 is 5.97 Å². The summed E-state index contributed by atoms with van der Waals surface area (Å²) >= 11 is 0. The first-order valence-electron chi connectivity index (χ1n) is 10.9. The molecular weight excluding hydrogens is 400 g/mol. The van der Waals surface area contributed by atoms with Crippen molar-refractivity contribution in [3.63, 3.8) is 0 Å². The quantitative estimate of drug-likeness (QED) is 0.349. The van der Waals surface area contributed by atoms with Crippen molar-refractivity contribution < 1.29 is 14.3 Å². The van der Waals surface area contributed by atoms with E-state index in [1.54, 1.807) is 0 Å². The molecule has 5 nitrogen and oxygen atoms in total. The number of imidazole rings is 1. The van der Waals surface area contributed by atoms with Crippen LogP contribution in [-0.4, -0.2) is 29.2 Å². The summed E-state index contributed by atoms with van der Waals surface area (Å²) in [5.74, 6) is 0.316. The number of aromatic amines is 1. The predicted molar refractivity (Wildman–Crippen MR) is 126 cm³/mol. The smallest absolute Gasteiger partial charge is 0.356 e. The standard InChI is InChI=1S/C27H28N2O3/c1-19(32-18-20-9-4-3-5-10-20)23(26-28-17-25(29-26)27(30)31-2)16-15-22-13-8-12-21-11-6-7-14-24(21)22/h3-14,17,19,23H,15-16,18H2,1-2H3,(H,28,29)/t19-,23-/m0/s1. The number of aryl methyl sites for hydroxylation is 1. The van der Waals surface area contributed by atoms with Crippen LogP contribution in [0, 0.1) is 0 Å².